The van der Waals surface area contributed by atoms with E-state index in [1.807, 2.05) is 0 Å². The molecule has 0 aliphatic rings. The van der Waals surface area contributed by atoms with E-state index in [-0.39, 0.29) is 24.0 Å². The molecule has 0 radical (unpaired) electrons. The second-order valence-electron chi connectivity index (χ2n) is 6.72. The maximum atomic E-state index is 11.8. The number of carbonyl (C=O) groups is 1. The fourth-order valence-electron chi connectivity index (χ4n) is 2.15. The topological polar surface area (TPSA) is 131 Å². The van der Waals surface area contributed by atoms with Crippen LogP contribution in [0.15, 0.2) is 24.4 Å². The second-order valence-corrected chi connectivity index (χ2v) is 7.13. The van der Waals surface area contributed by atoms with Gasteiger partial charge in [0, 0.05) is 24.3 Å². The van der Waals surface area contributed by atoms with Gasteiger partial charge < -0.3 is 20.7 Å². The zero-order chi connectivity index (χ0) is 20.9. The van der Waals surface area contributed by atoms with Crippen LogP contribution in [0.4, 0.5) is 27.9 Å². The van der Waals surface area contributed by atoms with Crippen LogP contribution in [-0.4, -0.2) is 33.6 Å². The summed E-state index contributed by atoms with van der Waals surface area (Å²) in [6.07, 6.45) is 0.557. The maximum Gasteiger partial charge on any atom is 0.407 e. The molecule has 0 saturated carbocycles. The first-order valence-electron chi connectivity index (χ1n) is 8.30. The summed E-state index contributed by atoms with van der Waals surface area (Å²) in [5, 5.41) is 19.7. The predicted octanol–water partition coefficient (Wildman–Crippen LogP) is 3.85. The lowest BCUT2D eigenvalue weighted by atomic mass is 10.2. The van der Waals surface area contributed by atoms with E-state index in [1.54, 1.807) is 39.0 Å². The number of ether oxygens (including phenoxy) is 1. The third-order valence-electron chi connectivity index (χ3n) is 3.33. The van der Waals surface area contributed by atoms with E-state index in [1.165, 1.54) is 7.05 Å². The van der Waals surface area contributed by atoms with Crippen LogP contribution in [0.1, 0.15) is 26.3 Å². The molecule has 0 spiro atoms. The first-order valence-corrected chi connectivity index (χ1v) is 8.68. The lowest BCUT2D eigenvalue weighted by Crippen LogP contribution is -2.32. The van der Waals surface area contributed by atoms with Crippen LogP contribution in [0.25, 0.3) is 0 Å². The summed E-state index contributed by atoms with van der Waals surface area (Å²) in [6.45, 7) is 5.47. The molecule has 0 aliphatic carbocycles. The van der Waals surface area contributed by atoms with Crippen LogP contribution >= 0.6 is 11.6 Å². The number of alkyl carbamates (subject to hydrolysis) is 1. The normalized spacial score (nSPS) is 10.9. The Balaban J connectivity index is 2.13. The van der Waals surface area contributed by atoms with Gasteiger partial charge in [0.1, 0.15) is 11.8 Å². The SMILES string of the molecule is CNc1nc(Nc2ccc(Cl)c(CNC(=O)OC(C)(C)C)c2)ncc1[N+](=O)[O-]. The van der Waals surface area contributed by atoms with Crippen LogP contribution in [0, 0.1) is 10.1 Å². The van der Waals surface area contributed by atoms with Gasteiger partial charge in [-0.05, 0) is 44.5 Å². The summed E-state index contributed by atoms with van der Waals surface area (Å²) < 4.78 is 5.19. The smallest absolute Gasteiger partial charge is 0.407 e. The zero-order valence-electron chi connectivity index (χ0n) is 15.9. The van der Waals surface area contributed by atoms with Gasteiger partial charge in [-0.1, -0.05) is 11.6 Å². The number of hydrogen-bond acceptors (Lipinski definition) is 8. The Morgan fingerprint density at radius 2 is 2.07 bits per heavy atom. The molecule has 0 aliphatic heterocycles. The number of carbonyl (C=O) groups excluding carboxylic acids is 1. The number of nitrogens with zero attached hydrogens (tertiary/aromatic N) is 3. The molecule has 0 unspecified atom stereocenters. The standard InChI is InChI=1S/C17H21ClN6O4/c1-17(2,3)28-16(25)21-8-10-7-11(5-6-12(10)18)22-15-20-9-13(24(26)27)14(19-4)23-15/h5-7,9H,8H2,1-4H3,(H,21,25)(H2,19,20,22,23). The van der Waals surface area contributed by atoms with Crippen LogP contribution in [0.5, 0.6) is 0 Å². The molecular formula is C17H21ClN6O4. The molecule has 0 fully saturated rings. The van der Waals surface area contributed by atoms with Gasteiger partial charge in [-0.25, -0.2) is 9.78 Å². The number of amides is 1. The Morgan fingerprint density at radius 3 is 2.68 bits per heavy atom. The average Bonchev–Trinajstić information content (AvgIpc) is 2.60. The van der Waals surface area contributed by atoms with Gasteiger partial charge in [-0.3, -0.25) is 10.1 Å². The number of halogens is 1. The fourth-order valence-corrected chi connectivity index (χ4v) is 2.34. The Morgan fingerprint density at radius 1 is 1.36 bits per heavy atom. The van der Waals surface area contributed by atoms with Gasteiger partial charge in [0.15, 0.2) is 0 Å². The van der Waals surface area contributed by atoms with E-state index in [9.17, 15) is 14.9 Å². The molecule has 10 nitrogen and oxygen atoms in total. The van der Waals surface area contributed by atoms with E-state index >= 15 is 0 Å². The van der Waals surface area contributed by atoms with Crippen molar-refractivity contribution < 1.29 is 14.5 Å². The van der Waals surface area contributed by atoms with Crippen molar-refractivity contribution >= 4 is 40.8 Å². The highest BCUT2D eigenvalue weighted by molar-refractivity contribution is 6.31. The van der Waals surface area contributed by atoms with Crippen LogP contribution in [0.2, 0.25) is 5.02 Å². The molecule has 1 amide bonds. The van der Waals surface area contributed by atoms with E-state index < -0.39 is 16.6 Å². The summed E-state index contributed by atoms with van der Waals surface area (Å²) in [5.41, 5.74) is 0.413. The number of anilines is 3. The summed E-state index contributed by atoms with van der Waals surface area (Å²) >= 11 is 6.18. The third kappa shape index (κ3) is 5.95. The zero-order valence-corrected chi connectivity index (χ0v) is 16.6. The largest absolute Gasteiger partial charge is 0.444 e. The molecule has 0 atom stereocenters. The summed E-state index contributed by atoms with van der Waals surface area (Å²) in [6, 6.07) is 5.06. The molecule has 0 bridgehead atoms. The first-order chi connectivity index (χ1) is 13.1. The summed E-state index contributed by atoms with van der Waals surface area (Å²) in [7, 11) is 1.53. The Kier molecular flexibility index (Phi) is 6.57. The van der Waals surface area contributed by atoms with Crippen LogP contribution in [0.3, 0.4) is 0 Å². The first kappa shape index (κ1) is 21.2. The molecule has 2 aromatic rings. The lowest BCUT2D eigenvalue weighted by Gasteiger charge is -2.20. The van der Waals surface area contributed by atoms with Crippen molar-refractivity contribution in [2.75, 3.05) is 17.7 Å². The third-order valence-corrected chi connectivity index (χ3v) is 3.70. The summed E-state index contributed by atoms with van der Waals surface area (Å²) in [5.74, 6) is 0.256. The Hall–Kier alpha value is -3.14. The second kappa shape index (κ2) is 8.70. The molecule has 3 N–H and O–H groups in total. The van der Waals surface area contributed by atoms with E-state index in [0.29, 0.717) is 16.3 Å². The molecule has 28 heavy (non-hydrogen) atoms. The minimum Gasteiger partial charge on any atom is -0.444 e. The number of nitrogens with one attached hydrogen (secondary N) is 3. The fraction of sp³-hybridized carbons (Fsp3) is 0.353. The average molecular weight is 409 g/mol. The molecule has 2 rings (SSSR count). The van der Waals surface area contributed by atoms with Crippen LogP contribution < -0.4 is 16.0 Å². The van der Waals surface area contributed by atoms with Crippen molar-refractivity contribution in [3.8, 4) is 0 Å². The van der Waals surface area contributed by atoms with Gasteiger partial charge >= 0.3 is 11.8 Å². The highest BCUT2D eigenvalue weighted by Gasteiger charge is 2.17. The predicted molar refractivity (Wildman–Crippen MR) is 106 cm³/mol. The number of hydrogen-bond donors (Lipinski definition) is 3. The highest BCUT2D eigenvalue weighted by Crippen LogP contribution is 2.25. The van der Waals surface area contributed by atoms with Crippen LogP contribution in [-0.2, 0) is 11.3 Å². The van der Waals surface area contributed by atoms with E-state index in [4.69, 9.17) is 16.3 Å². The minimum absolute atomic E-state index is 0.0864. The maximum absolute atomic E-state index is 11.8. The van der Waals surface area contributed by atoms with Crippen molar-refractivity contribution in [3.63, 3.8) is 0 Å². The van der Waals surface area contributed by atoms with Gasteiger partial charge in [0.2, 0.25) is 11.8 Å². The Bertz CT molecular complexity index is 884. The van der Waals surface area contributed by atoms with E-state index in [2.05, 4.69) is 25.9 Å². The Labute approximate surface area is 166 Å². The monoisotopic (exact) mass is 408 g/mol. The minimum atomic E-state index is -0.602. The number of nitro groups is 1. The highest BCUT2D eigenvalue weighted by atomic mass is 35.5. The van der Waals surface area contributed by atoms with Crippen molar-refractivity contribution in [3.05, 3.63) is 45.1 Å². The molecule has 150 valence electrons. The quantitative estimate of drug-likeness (QED) is 0.485. The molecule has 0 saturated heterocycles. The van der Waals surface area contributed by atoms with Gasteiger partial charge in [0.25, 0.3) is 0 Å². The number of benzene rings is 1. The van der Waals surface area contributed by atoms with Crippen molar-refractivity contribution in [1.82, 2.24) is 15.3 Å². The molecule has 11 heteroatoms. The number of aromatic nitrogens is 2. The molecular weight excluding hydrogens is 388 g/mol. The molecule has 1 aromatic carbocycles. The number of rotatable bonds is 6. The van der Waals surface area contributed by atoms with Crippen molar-refractivity contribution in [1.29, 1.82) is 0 Å². The molecule has 1 aromatic heterocycles. The van der Waals surface area contributed by atoms with Crippen molar-refractivity contribution in [2.45, 2.75) is 32.9 Å². The molecule has 1 heterocycles. The van der Waals surface area contributed by atoms with E-state index in [0.717, 1.165) is 6.20 Å². The lowest BCUT2D eigenvalue weighted by molar-refractivity contribution is -0.384. The van der Waals surface area contributed by atoms with Gasteiger partial charge in [-0.2, -0.15) is 4.98 Å². The summed E-state index contributed by atoms with van der Waals surface area (Å²) in [4.78, 5) is 30.2. The van der Waals surface area contributed by atoms with Gasteiger partial charge in [0.05, 0.1) is 4.92 Å². The van der Waals surface area contributed by atoms with Crippen molar-refractivity contribution in [2.24, 2.45) is 0 Å². The van der Waals surface area contributed by atoms with Gasteiger partial charge in [-0.15, -0.1) is 0 Å².